The van der Waals surface area contributed by atoms with Crippen molar-refractivity contribution in [3.05, 3.63) is 63.6 Å². The number of halogens is 5. The minimum absolute atomic E-state index is 0.0446. The fourth-order valence-corrected chi connectivity index (χ4v) is 3.92. The van der Waals surface area contributed by atoms with E-state index >= 15 is 0 Å². The number of benzene rings is 2. The SMILES string of the molecule is C[C@H](NC(=O)[C@H]1C[C@H](c2ccccc2)CN1)C(=O)NCc1cc(Cl)cc(Cl)c1O.O=C(O)C(F)(F)F. The third-order valence-corrected chi connectivity index (χ3v) is 5.78. The highest BCUT2D eigenvalue weighted by molar-refractivity contribution is 6.35. The fourth-order valence-electron chi connectivity index (χ4n) is 3.38. The first kappa shape index (κ1) is 29.2. The number of carboxylic acid groups (broad SMARTS) is 1. The van der Waals surface area contributed by atoms with Crippen molar-refractivity contribution in [3.8, 4) is 5.75 Å². The number of carboxylic acids is 1. The molecule has 2 aromatic carbocycles. The van der Waals surface area contributed by atoms with Gasteiger partial charge < -0.3 is 26.2 Å². The van der Waals surface area contributed by atoms with Crippen LogP contribution in [0.4, 0.5) is 13.2 Å². The second-order valence-corrected chi connectivity index (χ2v) is 8.79. The molecule has 1 saturated heterocycles. The first-order chi connectivity index (χ1) is 16.8. The summed E-state index contributed by atoms with van der Waals surface area (Å²) in [5.74, 6) is -3.19. The van der Waals surface area contributed by atoms with E-state index in [1.54, 1.807) is 6.92 Å². The molecule has 2 aromatic rings. The number of aliphatic carboxylic acids is 1. The lowest BCUT2D eigenvalue weighted by Crippen LogP contribution is -2.49. The molecule has 3 atom stereocenters. The monoisotopic (exact) mass is 549 g/mol. The van der Waals surface area contributed by atoms with Crippen LogP contribution in [0.3, 0.4) is 0 Å². The number of aromatic hydroxyl groups is 1. The maximum atomic E-state index is 12.5. The van der Waals surface area contributed by atoms with Gasteiger partial charge in [0.2, 0.25) is 11.8 Å². The van der Waals surface area contributed by atoms with Crippen LogP contribution < -0.4 is 16.0 Å². The molecule has 0 spiro atoms. The molecule has 8 nitrogen and oxygen atoms in total. The summed E-state index contributed by atoms with van der Waals surface area (Å²) < 4.78 is 31.7. The van der Waals surface area contributed by atoms with Gasteiger partial charge in [-0.15, -0.1) is 0 Å². The van der Waals surface area contributed by atoms with Gasteiger partial charge in [-0.05, 0) is 37.0 Å². The van der Waals surface area contributed by atoms with Gasteiger partial charge in [0.1, 0.15) is 11.8 Å². The average molecular weight is 550 g/mol. The molecule has 0 aliphatic carbocycles. The van der Waals surface area contributed by atoms with E-state index in [2.05, 4.69) is 28.1 Å². The van der Waals surface area contributed by atoms with E-state index in [4.69, 9.17) is 33.1 Å². The number of phenols is 1. The Bertz CT molecular complexity index is 1090. The number of hydrogen-bond donors (Lipinski definition) is 5. The summed E-state index contributed by atoms with van der Waals surface area (Å²) in [5, 5.41) is 26.2. The third-order valence-electron chi connectivity index (χ3n) is 5.27. The summed E-state index contributed by atoms with van der Waals surface area (Å²) in [5.41, 5.74) is 1.60. The van der Waals surface area contributed by atoms with Gasteiger partial charge in [0.25, 0.3) is 0 Å². The average Bonchev–Trinajstić information content (AvgIpc) is 3.31. The Balaban J connectivity index is 0.000000572. The number of hydrogen-bond acceptors (Lipinski definition) is 5. The van der Waals surface area contributed by atoms with Crippen molar-refractivity contribution in [2.24, 2.45) is 0 Å². The van der Waals surface area contributed by atoms with Crippen LogP contribution in [0.25, 0.3) is 0 Å². The van der Waals surface area contributed by atoms with Gasteiger partial charge in [-0.2, -0.15) is 13.2 Å². The number of phenolic OH excluding ortho intramolecular Hbond substituents is 1. The van der Waals surface area contributed by atoms with Crippen molar-refractivity contribution in [3.63, 3.8) is 0 Å². The predicted molar refractivity (Wildman–Crippen MR) is 127 cm³/mol. The molecule has 0 unspecified atom stereocenters. The molecule has 1 heterocycles. The maximum Gasteiger partial charge on any atom is 0.490 e. The molecule has 1 aliphatic rings. The second kappa shape index (κ2) is 12.8. The van der Waals surface area contributed by atoms with E-state index in [1.807, 2.05) is 18.2 Å². The molecular weight excluding hydrogens is 526 g/mol. The summed E-state index contributed by atoms with van der Waals surface area (Å²) in [6.07, 6.45) is -4.40. The summed E-state index contributed by atoms with van der Waals surface area (Å²) >= 11 is 11.8. The summed E-state index contributed by atoms with van der Waals surface area (Å²) in [6, 6.07) is 11.9. The Hall–Kier alpha value is -3.02. The van der Waals surface area contributed by atoms with Crippen molar-refractivity contribution in [2.45, 2.75) is 44.1 Å². The lowest BCUT2D eigenvalue weighted by Gasteiger charge is -2.17. The van der Waals surface area contributed by atoms with Crippen LogP contribution in [-0.2, 0) is 20.9 Å². The highest BCUT2D eigenvalue weighted by atomic mass is 35.5. The van der Waals surface area contributed by atoms with Crippen LogP contribution in [0.5, 0.6) is 5.75 Å². The lowest BCUT2D eigenvalue weighted by atomic mass is 9.96. The Kier molecular flexibility index (Phi) is 10.4. The van der Waals surface area contributed by atoms with Crippen LogP contribution in [0.2, 0.25) is 10.0 Å². The standard InChI is InChI=1S/C21H23Cl2N3O3.C2HF3O2/c1-12(20(28)25-11-15-7-16(22)9-17(23)19(15)27)26-21(29)18-8-14(10-24-18)13-5-3-2-4-6-13;3-2(4,5)1(6)7/h2-7,9,12,14,18,24,27H,8,10-11H2,1H3,(H,25,28)(H,26,29);(H,6,7)/t12-,14-,18+;/m0./s1. The normalized spacial score (nSPS) is 17.9. The number of carbonyl (C=O) groups is 3. The zero-order valence-corrected chi connectivity index (χ0v) is 20.4. The van der Waals surface area contributed by atoms with Crippen molar-refractivity contribution < 1.29 is 37.8 Å². The first-order valence-corrected chi connectivity index (χ1v) is 11.4. The van der Waals surface area contributed by atoms with Crippen LogP contribution in [0, 0.1) is 0 Å². The van der Waals surface area contributed by atoms with Crippen LogP contribution in [0.15, 0.2) is 42.5 Å². The minimum Gasteiger partial charge on any atom is -0.506 e. The minimum atomic E-state index is -5.08. The molecule has 1 aliphatic heterocycles. The molecule has 3 rings (SSSR count). The first-order valence-electron chi connectivity index (χ1n) is 10.6. The van der Waals surface area contributed by atoms with Gasteiger partial charge in [0.05, 0.1) is 11.1 Å². The van der Waals surface area contributed by atoms with E-state index in [9.17, 15) is 27.9 Å². The van der Waals surface area contributed by atoms with Gasteiger partial charge in [-0.1, -0.05) is 53.5 Å². The molecule has 196 valence electrons. The van der Waals surface area contributed by atoms with Crippen LogP contribution in [-0.4, -0.2) is 52.8 Å². The van der Waals surface area contributed by atoms with Crippen molar-refractivity contribution in [1.29, 1.82) is 0 Å². The summed E-state index contributed by atoms with van der Waals surface area (Å²) in [7, 11) is 0. The molecule has 2 amide bonds. The van der Waals surface area contributed by atoms with Gasteiger partial charge in [0, 0.05) is 23.7 Å². The summed E-state index contributed by atoms with van der Waals surface area (Å²) in [4.78, 5) is 33.8. The van der Waals surface area contributed by atoms with Gasteiger partial charge in [-0.3, -0.25) is 9.59 Å². The smallest absolute Gasteiger partial charge is 0.490 e. The molecule has 0 bridgehead atoms. The van der Waals surface area contributed by atoms with E-state index in [1.165, 1.54) is 17.7 Å². The van der Waals surface area contributed by atoms with Crippen LogP contribution >= 0.6 is 23.2 Å². The van der Waals surface area contributed by atoms with Crippen molar-refractivity contribution in [2.75, 3.05) is 6.54 Å². The number of alkyl halides is 3. The van der Waals surface area contributed by atoms with Gasteiger partial charge in [0.15, 0.2) is 0 Å². The number of nitrogens with one attached hydrogen (secondary N) is 3. The zero-order chi connectivity index (χ0) is 27.0. The molecular formula is C23H24Cl2F3N3O5. The Labute approximate surface area is 214 Å². The van der Waals surface area contributed by atoms with E-state index in [0.29, 0.717) is 17.0 Å². The zero-order valence-electron chi connectivity index (χ0n) is 18.9. The highest BCUT2D eigenvalue weighted by Crippen LogP contribution is 2.31. The second-order valence-electron chi connectivity index (χ2n) is 7.95. The summed E-state index contributed by atoms with van der Waals surface area (Å²) in [6.45, 7) is 2.38. The van der Waals surface area contributed by atoms with Crippen LogP contribution in [0.1, 0.15) is 30.4 Å². The van der Waals surface area contributed by atoms with E-state index in [0.717, 1.165) is 6.54 Å². The Morgan fingerprint density at radius 3 is 2.36 bits per heavy atom. The van der Waals surface area contributed by atoms with E-state index in [-0.39, 0.29) is 41.1 Å². The third kappa shape index (κ3) is 8.58. The Morgan fingerprint density at radius 2 is 1.78 bits per heavy atom. The number of amides is 2. The molecule has 5 N–H and O–H groups in total. The largest absolute Gasteiger partial charge is 0.506 e. The van der Waals surface area contributed by atoms with Gasteiger partial charge >= 0.3 is 12.1 Å². The maximum absolute atomic E-state index is 12.5. The molecule has 13 heteroatoms. The lowest BCUT2D eigenvalue weighted by molar-refractivity contribution is -0.192. The number of rotatable bonds is 6. The molecule has 0 radical (unpaired) electrons. The molecule has 1 fully saturated rings. The number of carbonyl (C=O) groups excluding carboxylic acids is 2. The fraction of sp³-hybridized carbons (Fsp3) is 0.348. The topological polar surface area (TPSA) is 128 Å². The molecule has 0 saturated carbocycles. The van der Waals surface area contributed by atoms with Gasteiger partial charge in [-0.25, -0.2) is 4.79 Å². The van der Waals surface area contributed by atoms with Crippen molar-refractivity contribution >= 4 is 41.0 Å². The quantitative estimate of drug-likeness (QED) is 0.374. The van der Waals surface area contributed by atoms with Crippen molar-refractivity contribution in [1.82, 2.24) is 16.0 Å². The molecule has 0 aromatic heterocycles. The van der Waals surface area contributed by atoms with E-state index < -0.39 is 18.2 Å². The highest BCUT2D eigenvalue weighted by Gasteiger charge is 2.38. The predicted octanol–water partition coefficient (Wildman–Crippen LogP) is 3.60. The molecule has 36 heavy (non-hydrogen) atoms. The Morgan fingerprint density at radius 1 is 1.17 bits per heavy atom.